The van der Waals surface area contributed by atoms with Crippen LogP contribution in [0.15, 0.2) is 0 Å². The van der Waals surface area contributed by atoms with E-state index in [0.29, 0.717) is 38.9 Å². The minimum atomic E-state index is -0.617. The van der Waals surface area contributed by atoms with Crippen molar-refractivity contribution in [2.24, 2.45) is 11.5 Å². The van der Waals surface area contributed by atoms with Gasteiger partial charge in [-0.25, -0.2) is 9.59 Å². The van der Waals surface area contributed by atoms with Crippen LogP contribution in [-0.4, -0.2) is 50.6 Å². The van der Waals surface area contributed by atoms with E-state index in [1.54, 1.807) is 0 Å². The summed E-state index contributed by atoms with van der Waals surface area (Å²) in [6, 6.07) is 0. The van der Waals surface area contributed by atoms with Gasteiger partial charge in [0.15, 0.2) is 0 Å². The lowest BCUT2D eigenvalue weighted by atomic mass is 9.89. The molecule has 0 aliphatic rings. The average Bonchev–Trinajstić information content (AvgIpc) is 2.39. The number of hydrogen-bond donors (Lipinski definition) is 4. The lowest BCUT2D eigenvalue weighted by Gasteiger charge is -2.28. The molecule has 0 aromatic carbocycles. The Balaban J connectivity index is 4.10. The number of rotatable bonds is 10. The highest BCUT2D eigenvalue weighted by atomic mass is 16.6. The monoisotopic (exact) mass is 304 g/mol. The van der Waals surface area contributed by atoms with Gasteiger partial charge in [-0.2, -0.15) is 0 Å². The largest absolute Gasteiger partial charge is 0.449 e. The molecule has 0 saturated heterocycles. The number of nitrogens with two attached hydrogens (primary N) is 2. The standard InChI is InChI=1S/C13H28N4O4/c1-3-16-11(18)20-9-6-13(15,5-8-14)7-10-21-12(19)17-4-2/h3-10,14-15H2,1-2H3,(H,16,18)(H,17,19). The van der Waals surface area contributed by atoms with Gasteiger partial charge in [0.05, 0.1) is 13.2 Å². The molecule has 0 fully saturated rings. The first-order valence-corrected chi connectivity index (χ1v) is 7.27. The Labute approximate surface area is 125 Å². The van der Waals surface area contributed by atoms with E-state index in [1.165, 1.54) is 0 Å². The third-order valence-corrected chi connectivity index (χ3v) is 2.95. The van der Waals surface area contributed by atoms with E-state index in [4.69, 9.17) is 20.9 Å². The van der Waals surface area contributed by atoms with Crippen LogP contribution < -0.4 is 22.1 Å². The van der Waals surface area contributed by atoms with Crippen LogP contribution in [0, 0.1) is 0 Å². The maximum absolute atomic E-state index is 11.2. The molecular weight excluding hydrogens is 276 g/mol. The molecule has 0 spiro atoms. The second-order valence-electron chi connectivity index (χ2n) is 4.73. The Morgan fingerprint density at radius 2 is 1.38 bits per heavy atom. The van der Waals surface area contributed by atoms with Gasteiger partial charge in [0.25, 0.3) is 0 Å². The van der Waals surface area contributed by atoms with E-state index in [-0.39, 0.29) is 13.2 Å². The molecule has 124 valence electrons. The van der Waals surface area contributed by atoms with Crippen LogP contribution in [0.25, 0.3) is 0 Å². The van der Waals surface area contributed by atoms with Gasteiger partial charge in [-0.3, -0.25) is 0 Å². The minimum Gasteiger partial charge on any atom is -0.449 e. The molecule has 0 bridgehead atoms. The van der Waals surface area contributed by atoms with Crippen molar-refractivity contribution in [2.75, 3.05) is 32.8 Å². The highest BCUT2D eigenvalue weighted by molar-refractivity contribution is 5.67. The second kappa shape index (κ2) is 11.2. The first kappa shape index (κ1) is 19.5. The van der Waals surface area contributed by atoms with Crippen molar-refractivity contribution in [1.29, 1.82) is 0 Å². The first-order valence-electron chi connectivity index (χ1n) is 7.27. The SMILES string of the molecule is CCNC(=O)OCCC(N)(CCN)CCOC(=O)NCC. The van der Waals surface area contributed by atoms with Gasteiger partial charge >= 0.3 is 12.2 Å². The van der Waals surface area contributed by atoms with Crippen molar-refractivity contribution in [2.45, 2.75) is 38.6 Å². The smallest absolute Gasteiger partial charge is 0.407 e. The van der Waals surface area contributed by atoms with E-state index in [1.807, 2.05) is 13.8 Å². The number of hydrogen-bond acceptors (Lipinski definition) is 6. The quantitative estimate of drug-likeness (QED) is 0.459. The molecular formula is C13H28N4O4. The zero-order valence-electron chi connectivity index (χ0n) is 12.9. The van der Waals surface area contributed by atoms with Crippen molar-refractivity contribution in [1.82, 2.24) is 10.6 Å². The number of carbonyl (C=O) groups excluding carboxylic acids is 2. The second-order valence-corrected chi connectivity index (χ2v) is 4.73. The van der Waals surface area contributed by atoms with Gasteiger partial charge in [0.2, 0.25) is 0 Å². The first-order chi connectivity index (χ1) is 9.97. The molecule has 8 nitrogen and oxygen atoms in total. The van der Waals surface area contributed by atoms with E-state index in [2.05, 4.69) is 10.6 Å². The zero-order valence-corrected chi connectivity index (χ0v) is 12.9. The topological polar surface area (TPSA) is 129 Å². The van der Waals surface area contributed by atoms with E-state index >= 15 is 0 Å². The van der Waals surface area contributed by atoms with Crippen molar-refractivity contribution >= 4 is 12.2 Å². The van der Waals surface area contributed by atoms with Crippen LogP contribution >= 0.6 is 0 Å². The number of nitrogens with one attached hydrogen (secondary N) is 2. The molecule has 0 rings (SSSR count). The fraction of sp³-hybridized carbons (Fsp3) is 0.846. The molecule has 0 heterocycles. The Morgan fingerprint density at radius 3 is 1.71 bits per heavy atom. The van der Waals surface area contributed by atoms with Crippen LogP contribution in [-0.2, 0) is 9.47 Å². The predicted octanol–water partition coefficient (Wildman–Crippen LogP) is 0.305. The molecule has 2 amide bonds. The van der Waals surface area contributed by atoms with E-state index in [0.717, 1.165) is 0 Å². The van der Waals surface area contributed by atoms with Crippen LogP contribution in [0.4, 0.5) is 9.59 Å². The Morgan fingerprint density at radius 1 is 0.952 bits per heavy atom. The fourth-order valence-electron chi connectivity index (χ4n) is 1.75. The third kappa shape index (κ3) is 9.91. The lowest BCUT2D eigenvalue weighted by Crippen LogP contribution is -2.44. The lowest BCUT2D eigenvalue weighted by molar-refractivity contribution is 0.117. The maximum Gasteiger partial charge on any atom is 0.407 e. The van der Waals surface area contributed by atoms with Crippen LogP contribution in [0.3, 0.4) is 0 Å². The van der Waals surface area contributed by atoms with Crippen LogP contribution in [0.2, 0.25) is 0 Å². The van der Waals surface area contributed by atoms with Crippen molar-refractivity contribution in [3.05, 3.63) is 0 Å². The van der Waals surface area contributed by atoms with Crippen molar-refractivity contribution in [3.8, 4) is 0 Å². The normalized spacial score (nSPS) is 10.9. The van der Waals surface area contributed by atoms with Gasteiger partial charge in [-0.05, 0) is 39.7 Å². The van der Waals surface area contributed by atoms with Gasteiger partial charge in [-0.1, -0.05) is 0 Å². The Kier molecular flexibility index (Phi) is 10.3. The molecule has 0 saturated carbocycles. The predicted molar refractivity (Wildman–Crippen MR) is 79.9 cm³/mol. The van der Waals surface area contributed by atoms with E-state index in [9.17, 15) is 9.59 Å². The fourth-order valence-corrected chi connectivity index (χ4v) is 1.75. The summed E-state index contributed by atoms with van der Waals surface area (Å²) in [5, 5.41) is 5.06. The number of ether oxygens (including phenoxy) is 2. The maximum atomic E-state index is 11.2. The highest BCUT2D eigenvalue weighted by Crippen LogP contribution is 2.16. The Hall–Kier alpha value is -1.54. The molecule has 0 aliphatic carbocycles. The summed E-state index contributed by atoms with van der Waals surface area (Å²) in [4.78, 5) is 22.4. The molecule has 21 heavy (non-hydrogen) atoms. The summed E-state index contributed by atoms with van der Waals surface area (Å²) in [5.74, 6) is 0. The third-order valence-electron chi connectivity index (χ3n) is 2.95. The molecule has 6 N–H and O–H groups in total. The average molecular weight is 304 g/mol. The summed E-state index contributed by atoms with van der Waals surface area (Å²) < 4.78 is 10.00. The zero-order chi connectivity index (χ0) is 16.1. The summed E-state index contributed by atoms with van der Waals surface area (Å²) in [6.45, 7) is 5.44. The van der Waals surface area contributed by atoms with Crippen molar-refractivity contribution < 1.29 is 19.1 Å². The summed E-state index contributed by atoms with van der Waals surface area (Å²) in [6.07, 6.45) is 0.544. The summed E-state index contributed by atoms with van der Waals surface area (Å²) >= 11 is 0. The van der Waals surface area contributed by atoms with Gasteiger partial charge in [0, 0.05) is 18.6 Å². The highest BCUT2D eigenvalue weighted by Gasteiger charge is 2.25. The van der Waals surface area contributed by atoms with Gasteiger partial charge < -0.3 is 31.6 Å². The summed E-state index contributed by atoms with van der Waals surface area (Å²) in [7, 11) is 0. The van der Waals surface area contributed by atoms with E-state index < -0.39 is 17.7 Å². The van der Waals surface area contributed by atoms with Crippen molar-refractivity contribution in [3.63, 3.8) is 0 Å². The van der Waals surface area contributed by atoms with Gasteiger partial charge in [-0.15, -0.1) is 0 Å². The summed E-state index contributed by atoms with van der Waals surface area (Å²) in [5.41, 5.74) is 11.2. The number of alkyl carbamates (subject to hydrolysis) is 2. The number of carbonyl (C=O) groups is 2. The molecule has 0 unspecified atom stereocenters. The molecule has 0 aromatic rings. The molecule has 0 radical (unpaired) electrons. The van der Waals surface area contributed by atoms with Crippen LogP contribution in [0.1, 0.15) is 33.1 Å². The molecule has 0 aromatic heterocycles. The van der Waals surface area contributed by atoms with Gasteiger partial charge in [0.1, 0.15) is 0 Å². The van der Waals surface area contributed by atoms with Crippen LogP contribution in [0.5, 0.6) is 0 Å². The molecule has 0 atom stereocenters. The molecule has 0 aliphatic heterocycles. The number of amides is 2. The minimum absolute atomic E-state index is 0.198. The Bertz CT molecular complexity index is 289. The molecule has 8 heteroatoms.